The van der Waals surface area contributed by atoms with Gasteiger partial charge >= 0.3 is 0 Å². The third-order valence-electron chi connectivity index (χ3n) is 4.36. The summed E-state index contributed by atoms with van der Waals surface area (Å²) in [6.07, 6.45) is 1.26. The topological polar surface area (TPSA) is 36.9 Å². The van der Waals surface area contributed by atoms with Crippen molar-refractivity contribution in [1.82, 2.24) is 0 Å². The van der Waals surface area contributed by atoms with Gasteiger partial charge in [0.25, 0.3) is 0 Å². The molecule has 0 saturated carbocycles. The Labute approximate surface area is 155 Å². The van der Waals surface area contributed by atoms with Gasteiger partial charge in [-0.2, -0.15) is 0 Å². The third kappa shape index (κ3) is 5.02. The average Bonchev–Trinajstić information content (AvgIpc) is 2.66. The minimum atomic E-state index is -0.348. The van der Waals surface area contributed by atoms with Crippen molar-refractivity contribution in [3.63, 3.8) is 0 Å². The van der Waals surface area contributed by atoms with E-state index in [2.05, 4.69) is 24.3 Å². The number of para-hydroxylation sites is 2. The Morgan fingerprint density at radius 1 is 0.640 bits per heavy atom. The van der Waals surface area contributed by atoms with Crippen molar-refractivity contribution < 1.29 is 18.9 Å². The normalized spacial score (nSPS) is 11.4. The molecule has 0 atom stereocenters. The first-order chi connectivity index (χ1) is 12.2. The minimum absolute atomic E-state index is 0.348. The summed E-state index contributed by atoms with van der Waals surface area (Å²) < 4.78 is 21.9. The highest BCUT2D eigenvalue weighted by Gasteiger charge is 2.11. The minimum Gasteiger partial charge on any atom is -0.493 e. The molecule has 0 saturated heterocycles. The molecule has 0 aromatic heterocycles. The van der Waals surface area contributed by atoms with E-state index in [0.29, 0.717) is 0 Å². The maximum absolute atomic E-state index is 5.54. The molecular formula is C19H28O4Si2. The zero-order valence-corrected chi connectivity index (χ0v) is 18.5. The number of hydrogen-bond donors (Lipinski definition) is 0. The number of methoxy groups -OCH3 is 4. The average molecular weight is 377 g/mol. The van der Waals surface area contributed by atoms with Crippen LogP contribution in [0.25, 0.3) is 0 Å². The van der Waals surface area contributed by atoms with Gasteiger partial charge in [-0.05, 0) is 22.5 Å². The molecule has 4 nitrogen and oxygen atoms in total. The van der Waals surface area contributed by atoms with Gasteiger partial charge in [0, 0.05) is 0 Å². The molecular weight excluding hydrogens is 348 g/mol. The van der Waals surface area contributed by atoms with E-state index >= 15 is 0 Å². The lowest BCUT2D eigenvalue weighted by atomic mass is 10.3. The van der Waals surface area contributed by atoms with Gasteiger partial charge < -0.3 is 18.9 Å². The first kappa shape index (κ1) is 19.4. The van der Waals surface area contributed by atoms with Gasteiger partial charge in [-0.15, -0.1) is 0 Å². The van der Waals surface area contributed by atoms with Crippen molar-refractivity contribution in [3.05, 3.63) is 36.4 Å². The SMILES string of the molecule is COc1cccc([SiH2]CCC[SiH2]c2cccc(OC)c2OC)c1OC. The molecule has 0 aliphatic carbocycles. The highest BCUT2D eigenvalue weighted by atomic mass is 28.2. The van der Waals surface area contributed by atoms with Crippen LogP contribution in [0.1, 0.15) is 6.42 Å². The molecule has 25 heavy (non-hydrogen) atoms. The molecule has 0 aliphatic heterocycles. The second kappa shape index (κ2) is 10.2. The van der Waals surface area contributed by atoms with Gasteiger partial charge in [0.15, 0.2) is 23.0 Å². The molecule has 136 valence electrons. The van der Waals surface area contributed by atoms with Gasteiger partial charge in [-0.1, -0.05) is 42.8 Å². The summed E-state index contributed by atoms with van der Waals surface area (Å²) in [6, 6.07) is 14.9. The molecule has 2 aromatic carbocycles. The quantitative estimate of drug-likeness (QED) is 0.462. The Bertz CT molecular complexity index is 619. The van der Waals surface area contributed by atoms with E-state index in [0.717, 1.165) is 23.0 Å². The molecule has 0 heterocycles. The fourth-order valence-corrected chi connectivity index (χ4v) is 7.48. The van der Waals surface area contributed by atoms with E-state index in [-0.39, 0.29) is 19.0 Å². The van der Waals surface area contributed by atoms with Gasteiger partial charge in [-0.25, -0.2) is 0 Å². The molecule has 0 fully saturated rings. The summed E-state index contributed by atoms with van der Waals surface area (Å²) >= 11 is 0. The molecule has 2 rings (SSSR count). The summed E-state index contributed by atoms with van der Waals surface area (Å²) in [5, 5.41) is 2.70. The van der Waals surface area contributed by atoms with Crippen LogP contribution in [0.2, 0.25) is 12.1 Å². The van der Waals surface area contributed by atoms with Crippen molar-refractivity contribution in [1.29, 1.82) is 0 Å². The number of ether oxygens (including phenoxy) is 4. The number of hydrogen-bond acceptors (Lipinski definition) is 4. The standard InChI is InChI=1S/C19H28O4Si2/c1-20-14-8-5-10-16(18(14)22-3)24-12-7-13-25-17-11-6-9-15(21-2)19(17)23-4/h5-6,8-11H,7,12-13,24-25H2,1-4H3. The van der Waals surface area contributed by atoms with Crippen LogP contribution in [-0.4, -0.2) is 47.5 Å². The lowest BCUT2D eigenvalue weighted by Gasteiger charge is -2.13. The van der Waals surface area contributed by atoms with Crippen LogP contribution >= 0.6 is 0 Å². The largest absolute Gasteiger partial charge is 0.493 e. The van der Waals surface area contributed by atoms with Crippen LogP contribution in [0.15, 0.2) is 36.4 Å². The zero-order chi connectivity index (χ0) is 18.1. The van der Waals surface area contributed by atoms with Crippen molar-refractivity contribution in [2.24, 2.45) is 0 Å². The van der Waals surface area contributed by atoms with Gasteiger partial charge in [-0.3, -0.25) is 0 Å². The molecule has 0 bridgehead atoms. The third-order valence-corrected chi connectivity index (χ3v) is 8.26. The van der Waals surface area contributed by atoms with E-state index in [4.69, 9.17) is 18.9 Å². The molecule has 6 heteroatoms. The second-order valence-corrected chi connectivity index (χ2v) is 9.80. The van der Waals surface area contributed by atoms with Crippen LogP contribution < -0.4 is 29.3 Å². The summed E-state index contributed by atoms with van der Waals surface area (Å²) in [7, 11) is 6.13. The van der Waals surface area contributed by atoms with Crippen LogP contribution in [0.3, 0.4) is 0 Å². The van der Waals surface area contributed by atoms with Crippen molar-refractivity contribution in [3.8, 4) is 23.0 Å². The number of rotatable bonds is 10. The molecule has 0 radical (unpaired) electrons. The van der Waals surface area contributed by atoms with Crippen molar-refractivity contribution >= 4 is 29.4 Å². The maximum Gasteiger partial charge on any atom is 0.160 e. The summed E-state index contributed by atoms with van der Waals surface area (Å²) in [6.45, 7) is 0. The van der Waals surface area contributed by atoms with Gasteiger partial charge in [0.05, 0.1) is 47.5 Å². The highest BCUT2D eigenvalue weighted by Crippen LogP contribution is 2.24. The molecule has 0 aliphatic rings. The summed E-state index contributed by atoms with van der Waals surface area (Å²) in [5.41, 5.74) is 0. The molecule has 0 spiro atoms. The van der Waals surface area contributed by atoms with Crippen LogP contribution in [0.5, 0.6) is 23.0 Å². The zero-order valence-electron chi connectivity index (χ0n) is 15.6. The predicted octanol–water partition coefficient (Wildman–Crippen LogP) is 1.24. The van der Waals surface area contributed by atoms with Gasteiger partial charge in [0.1, 0.15) is 0 Å². The van der Waals surface area contributed by atoms with E-state index in [9.17, 15) is 0 Å². The molecule has 0 N–H and O–H groups in total. The first-order valence-corrected chi connectivity index (χ1v) is 12.1. The van der Waals surface area contributed by atoms with E-state index < -0.39 is 0 Å². The number of benzene rings is 2. The fourth-order valence-electron chi connectivity index (χ4n) is 3.11. The van der Waals surface area contributed by atoms with Crippen LogP contribution in [0, 0.1) is 0 Å². The Hall–Kier alpha value is -1.93. The molecule has 0 unspecified atom stereocenters. The lowest BCUT2D eigenvalue weighted by Crippen LogP contribution is -2.19. The lowest BCUT2D eigenvalue weighted by molar-refractivity contribution is 0.357. The van der Waals surface area contributed by atoms with E-state index in [1.54, 1.807) is 28.4 Å². The summed E-state index contributed by atoms with van der Waals surface area (Å²) in [5.74, 6) is 3.51. The fraction of sp³-hybridized carbons (Fsp3) is 0.368. The molecule has 2 aromatic rings. The Morgan fingerprint density at radius 2 is 1.08 bits per heavy atom. The Balaban J connectivity index is 1.87. The first-order valence-electron chi connectivity index (χ1n) is 8.64. The summed E-state index contributed by atoms with van der Waals surface area (Å²) in [4.78, 5) is 0. The van der Waals surface area contributed by atoms with E-state index in [1.807, 2.05) is 12.1 Å². The second-order valence-electron chi connectivity index (χ2n) is 5.87. The Morgan fingerprint density at radius 3 is 1.44 bits per heavy atom. The van der Waals surface area contributed by atoms with Crippen molar-refractivity contribution in [2.75, 3.05) is 28.4 Å². The van der Waals surface area contributed by atoms with E-state index in [1.165, 1.54) is 28.9 Å². The van der Waals surface area contributed by atoms with Gasteiger partial charge in [0.2, 0.25) is 0 Å². The van der Waals surface area contributed by atoms with Crippen LogP contribution in [-0.2, 0) is 0 Å². The van der Waals surface area contributed by atoms with Crippen molar-refractivity contribution in [2.45, 2.75) is 18.5 Å². The predicted molar refractivity (Wildman–Crippen MR) is 110 cm³/mol. The van der Waals surface area contributed by atoms with Crippen LogP contribution in [0.4, 0.5) is 0 Å². The Kier molecular flexibility index (Phi) is 7.88. The smallest absolute Gasteiger partial charge is 0.160 e. The monoisotopic (exact) mass is 376 g/mol. The maximum atomic E-state index is 5.54. The highest BCUT2D eigenvalue weighted by molar-refractivity contribution is 6.56. The molecule has 0 amide bonds.